The van der Waals surface area contributed by atoms with Gasteiger partial charge in [0.1, 0.15) is 5.75 Å². The van der Waals surface area contributed by atoms with Gasteiger partial charge in [-0.05, 0) is 52.3 Å². The Labute approximate surface area is 126 Å². The molecule has 0 unspecified atom stereocenters. The predicted molar refractivity (Wildman–Crippen MR) is 81.7 cm³/mol. The minimum atomic E-state index is -3.38. The monoisotopic (exact) mass is 312 g/mol. The van der Waals surface area contributed by atoms with Crippen LogP contribution in [0.1, 0.15) is 33.3 Å². The predicted octanol–water partition coefficient (Wildman–Crippen LogP) is 1.40. The van der Waals surface area contributed by atoms with Crippen molar-refractivity contribution in [1.82, 2.24) is 0 Å². The van der Waals surface area contributed by atoms with Crippen LogP contribution in [0.3, 0.4) is 0 Å². The van der Waals surface area contributed by atoms with Crippen molar-refractivity contribution in [3.05, 3.63) is 17.7 Å². The van der Waals surface area contributed by atoms with Crippen molar-refractivity contribution in [2.24, 2.45) is 0 Å². The number of benzene rings is 1. The summed E-state index contributed by atoms with van der Waals surface area (Å²) in [7, 11) is -4.09. The number of hydrogen-bond acceptors (Lipinski definition) is 5. The molecule has 1 aliphatic heterocycles. The van der Waals surface area contributed by atoms with Crippen molar-refractivity contribution in [1.29, 1.82) is 0 Å². The number of aromatic hydroxyl groups is 1. The lowest BCUT2D eigenvalue weighted by Gasteiger charge is -2.32. The van der Waals surface area contributed by atoms with Crippen molar-refractivity contribution in [3.8, 4) is 5.75 Å². The smallest absolute Gasteiger partial charge is 0.498 e. The van der Waals surface area contributed by atoms with E-state index in [1.165, 1.54) is 12.1 Å². The fraction of sp³-hybridized carbons (Fsp3) is 0.571. The van der Waals surface area contributed by atoms with Gasteiger partial charge in [0.15, 0.2) is 9.84 Å². The highest BCUT2D eigenvalue weighted by atomic mass is 32.2. The third kappa shape index (κ3) is 2.82. The van der Waals surface area contributed by atoms with Gasteiger partial charge in [-0.15, -0.1) is 0 Å². The van der Waals surface area contributed by atoms with Gasteiger partial charge in [0.05, 0.1) is 16.1 Å². The maximum Gasteiger partial charge on any atom is 0.498 e. The van der Waals surface area contributed by atoms with E-state index in [-0.39, 0.29) is 10.6 Å². The summed E-state index contributed by atoms with van der Waals surface area (Å²) in [6, 6.07) is 2.76. The molecule has 1 aromatic rings. The zero-order valence-corrected chi connectivity index (χ0v) is 14.0. The Morgan fingerprint density at radius 2 is 1.57 bits per heavy atom. The van der Waals surface area contributed by atoms with Crippen LogP contribution in [0.2, 0.25) is 0 Å². The van der Waals surface area contributed by atoms with Gasteiger partial charge in [-0.3, -0.25) is 0 Å². The Balaban J connectivity index is 2.48. The van der Waals surface area contributed by atoms with Crippen LogP contribution in [0.25, 0.3) is 0 Å². The lowest BCUT2D eigenvalue weighted by molar-refractivity contribution is 0.00578. The lowest BCUT2D eigenvalue weighted by atomic mass is 9.75. The van der Waals surface area contributed by atoms with Crippen molar-refractivity contribution in [2.75, 3.05) is 6.26 Å². The number of phenolic OH excluding ortho intramolecular Hbond substituents is 1. The highest BCUT2D eigenvalue weighted by Crippen LogP contribution is 2.37. The van der Waals surface area contributed by atoms with E-state index in [4.69, 9.17) is 9.31 Å². The molecule has 2 rings (SSSR count). The molecule has 0 spiro atoms. The molecule has 1 heterocycles. The van der Waals surface area contributed by atoms with Crippen molar-refractivity contribution < 1.29 is 22.8 Å². The van der Waals surface area contributed by atoms with Crippen molar-refractivity contribution in [2.45, 2.75) is 50.7 Å². The number of phenols is 1. The Bertz CT molecular complexity index is 640. The lowest BCUT2D eigenvalue weighted by Crippen LogP contribution is -2.41. The molecule has 0 saturated carbocycles. The molecule has 1 fully saturated rings. The first-order chi connectivity index (χ1) is 9.35. The normalized spacial score (nSPS) is 20.8. The van der Waals surface area contributed by atoms with Crippen LogP contribution >= 0.6 is 0 Å². The van der Waals surface area contributed by atoms with E-state index in [9.17, 15) is 13.5 Å². The van der Waals surface area contributed by atoms with Crippen LogP contribution in [-0.4, -0.2) is 38.1 Å². The Morgan fingerprint density at radius 1 is 1.10 bits per heavy atom. The van der Waals surface area contributed by atoms with Crippen LogP contribution in [0.5, 0.6) is 5.75 Å². The maximum absolute atomic E-state index is 11.6. The first-order valence-electron chi connectivity index (χ1n) is 6.74. The molecule has 1 aromatic carbocycles. The molecule has 7 heteroatoms. The minimum Gasteiger partial charge on any atom is -0.508 e. The van der Waals surface area contributed by atoms with Gasteiger partial charge in [0.25, 0.3) is 0 Å². The summed E-state index contributed by atoms with van der Waals surface area (Å²) < 4.78 is 35.0. The van der Waals surface area contributed by atoms with Gasteiger partial charge < -0.3 is 14.4 Å². The third-order valence-corrected chi connectivity index (χ3v) is 5.35. The second-order valence-corrected chi connectivity index (χ2v) is 8.55. The molecule has 0 radical (unpaired) electrons. The fourth-order valence-electron chi connectivity index (χ4n) is 2.23. The van der Waals surface area contributed by atoms with E-state index < -0.39 is 28.2 Å². The SMILES string of the molecule is Cc1cc(S(C)(=O)=O)cc(O)c1B1OC(C)(C)C(C)(C)O1. The summed E-state index contributed by atoms with van der Waals surface area (Å²) in [6.07, 6.45) is 1.11. The molecule has 0 aliphatic carbocycles. The second kappa shape index (κ2) is 4.73. The highest BCUT2D eigenvalue weighted by Gasteiger charge is 2.52. The average Bonchev–Trinajstić information content (AvgIpc) is 2.45. The molecule has 21 heavy (non-hydrogen) atoms. The zero-order chi connectivity index (χ0) is 16.2. The van der Waals surface area contributed by atoms with Crippen LogP contribution in [0.15, 0.2) is 17.0 Å². The van der Waals surface area contributed by atoms with Crippen molar-refractivity contribution >= 4 is 22.4 Å². The molecule has 116 valence electrons. The van der Waals surface area contributed by atoms with Crippen LogP contribution in [0, 0.1) is 6.92 Å². The topological polar surface area (TPSA) is 72.8 Å². The molecule has 0 atom stereocenters. The first kappa shape index (κ1) is 16.3. The number of aryl methyl sites for hydroxylation is 1. The third-order valence-electron chi connectivity index (χ3n) is 4.26. The fourth-order valence-corrected chi connectivity index (χ4v) is 2.95. The van der Waals surface area contributed by atoms with Crippen LogP contribution in [-0.2, 0) is 19.1 Å². The largest absolute Gasteiger partial charge is 0.508 e. The Morgan fingerprint density at radius 3 is 1.95 bits per heavy atom. The van der Waals surface area contributed by atoms with E-state index in [1.54, 1.807) is 6.92 Å². The summed E-state index contributed by atoms with van der Waals surface area (Å²) in [6.45, 7) is 9.41. The molecular weight excluding hydrogens is 291 g/mol. The second-order valence-electron chi connectivity index (χ2n) is 6.53. The zero-order valence-electron chi connectivity index (χ0n) is 13.2. The number of hydrogen-bond donors (Lipinski definition) is 1. The van der Waals surface area contributed by atoms with Crippen LogP contribution in [0.4, 0.5) is 0 Å². The van der Waals surface area contributed by atoms with E-state index in [0.29, 0.717) is 11.0 Å². The van der Waals surface area contributed by atoms with Gasteiger partial charge in [0, 0.05) is 11.7 Å². The molecule has 1 aliphatic rings. The summed E-state index contributed by atoms with van der Waals surface area (Å²) in [4.78, 5) is 0.0813. The molecule has 1 saturated heterocycles. The van der Waals surface area contributed by atoms with E-state index >= 15 is 0 Å². The number of rotatable bonds is 2. The Hall–Kier alpha value is -1.05. The first-order valence-corrected chi connectivity index (χ1v) is 8.63. The standard InChI is InChI=1S/C14H21BO5S/c1-9-7-10(21(6,17)18)8-11(16)12(9)15-19-13(2,3)14(4,5)20-15/h7-8,16H,1-6H3. The molecule has 0 bridgehead atoms. The number of sulfone groups is 1. The van der Waals surface area contributed by atoms with E-state index in [2.05, 4.69) is 0 Å². The Kier molecular flexibility index (Phi) is 3.68. The quantitative estimate of drug-likeness (QED) is 0.836. The van der Waals surface area contributed by atoms with Crippen molar-refractivity contribution in [3.63, 3.8) is 0 Å². The molecule has 5 nitrogen and oxygen atoms in total. The minimum absolute atomic E-state index is 0.0813. The van der Waals surface area contributed by atoms with Gasteiger partial charge in [-0.1, -0.05) is 0 Å². The van der Waals surface area contributed by atoms with Gasteiger partial charge in [-0.2, -0.15) is 0 Å². The maximum atomic E-state index is 11.6. The highest BCUT2D eigenvalue weighted by molar-refractivity contribution is 7.90. The van der Waals surface area contributed by atoms with E-state index in [1.807, 2.05) is 27.7 Å². The summed E-state index contributed by atoms with van der Waals surface area (Å²) in [5, 5.41) is 10.2. The molecule has 0 amide bonds. The van der Waals surface area contributed by atoms with Gasteiger partial charge >= 0.3 is 7.12 Å². The molecule has 0 aromatic heterocycles. The van der Waals surface area contributed by atoms with Gasteiger partial charge in [-0.25, -0.2) is 8.42 Å². The molecule has 1 N–H and O–H groups in total. The average molecular weight is 312 g/mol. The van der Waals surface area contributed by atoms with E-state index in [0.717, 1.165) is 6.26 Å². The summed E-state index contributed by atoms with van der Waals surface area (Å²) in [5.41, 5.74) is 0.0490. The molecular formula is C14H21BO5S. The van der Waals surface area contributed by atoms with Gasteiger partial charge in [0.2, 0.25) is 0 Å². The van der Waals surface area contributed by atoms with Crippen LogP contribution < -0.4 is 5.46 Å². The summed E-state index contributed by atoms with van der Waals surface area (Å²) in [5.74, 6) is -0.131. The summed E-state index contributed by atoms with van der Waals surface area (Å²) >= 11 is 0.